The molecule has 3 aromatic rings. The van der Waals surface area contributed by atoms with E-state index in [0.29, 0.717) is 29.1 Å². The fourth-order valence-electron chi connectivity index (χ4n) is 5.33. The number of Topliss-reactive ketones (excluding diaryl/α,β-unsaturated/α-hetero) is 1. The number of phenols is 1. The number of allylic oxidation sites excluding steroid dienone is 3. The average molecular weight is 577 g/mol. The van der Waals surface area contributed by atoms with E-state index in [2.05, 4.69) is 5.32 Å². The number of benzene rings is 2. The number of ether oxygens (including phenoxy) is 3. The zero-order valence-corrected chi connectivity index (χ0v) is 23.2. The standard InChI is InChI=1S/C30H28N2O8S/c1-17-26(30(35)40-11-10-39-20-7-4-3-5-8-20)27(19-14-22(32(36)37)29(34)24(16-19)38-2)28-21(31-17)13-18(15-23(28)33)25-9-6-12-41-25/h3-9,12,14,16,18,27,31,34H,10-11,13,15H2,1-2H3/t18-,27-/m1/s1. The number of nitro groups is 1. The minimum absolute atomic E-state index is 0.0328. The van der Waals surface area contributed by atoms with Crippen LogP contribution in [0, 0.1) is 10.1 Å². The Morgan fingerprint density at radius 3 is 2.61 bits per heavy atom. The molecule has 1 aliphatic carbocycles. The van der Waals surface area contributed by atoms with Gasteiger partial charge in [-0.25, -0.2) is 4.79 Å². The number of methoxy groups -OCH3 is 1. The number of esters is 1. The highest BCUT2D eigenvalue weighted by atomic mass is 32.1. The summed E-state index contributed by atoms with van der Waals surface area (Å²) in [6.45, 7) is 1.75. The van der Waals surface area contributed by atoms with E-state index in [-0.39, 0.29) is 48.2 Å². The predicted molar refractivity (Wildman–Crippen MR) is 151 cm³/mol. The molecule has 0 radical (unpaired) electrons. The number of rotatable bonds is 9. The summed E-state index contributed by atoms with van der Waals surface area (Å²) in [5.74, 6) is -2.03. The highest BCUT2D eigenvalue weighted by Crippen LogP contribution is 2.49. The quantitative estimate of drug-likeness (QED) is 0.149. The maximum atomic E-state index is 13.7. The second-order valence-corrected chi connectivity index (χ2v) is 10.7. The number of hydrogen-bond acceptors (Lipinski definition) is 10. The topological polar surface area (TPSA) is 137 Å². The lowest BCUT2D eigenvalue weighted by Crippen LogP contribution is -2.36. The number of phenolic OH excluding ortho intramolecular Hbond substituents is 1. The molecule has 212 valence electrons. The van der Waals surface area contributed by atoms with Crippen LogP contribution in [0.1, 0.15) is 42.0 Å². The monoisotopic (exact) mass is 576 g/mol. The molecule has 2 atom stereocenters. The summed E-state index contributed by atoms with van der Waals surface area (Å²) < 4.78 is 16.4. The maximum Gasteiger partial charge on any atom is 0.336 e. The third kappa shape index (κ3) is 5.66. The Morgan fingerprint density at radius 2 is 1.93 bits per heavy atom. The number of aromatic hydroxyl groups is 1. The molecule has 0 unspecified atom stereocenters. The van der Waals surface area contributed by atoms with Gasteiger partial charge in [0, 0.05) is 46.2 Å². The maximum absolute atomic E-state index is 13.7. The van der Waals surface area contributed by atoms with Gasteiger partial charge in [-0.2, -0.15) is 0 Å². The third-order valence-electron chi connectivity index (χ3n) is 7.15. The van der Waals surface area contributed by atoms with Crippen molar-refractivity contribution in [1.82, 2.24) is 5.32 Å². The van der Waals surface area contributed by atoms with Gasteiger partial charge in [0.25, 0.3) is 0 Å². The largest absolute Gasteiger partial charge is 0.500 e. The minimum Gasteiger partial charge on any atom is -0.500 e. The van der Waals surface area contributed by atoms with Gasteiger partial charge in [0.1, 0.15) is 19.0 Å². The van der Waals surface area contributed by atoms with Crippen molar-refractivity contribution in [2.24, 2.45) is 0 Å². The van der Waals surface area contributed by atoms with Gasteiger partial charge in [-0.1, -0.05) is 24.3 Å². The SMILES string of the molecule is COc1cc([C@@H]2C(C(=O)OCCOc3ccccc3)=C(C)NC3=C2C(=O)C[C@H](c2cccs2)C3)cc([N+](=O)[O-])c1O. The van der Waals surface area contributed by atoms with Gasteiger partial charge in [0.2, 0.25) is 5.75 Å². The molecule has 0 amide bonds. The van der Waals surface area contributed by atoms with E-state index in [1.165, 1.54) is 19.2 Å². The first-order chi connectivity index (χ1) is 19.8. The van der Waals surface area contributed by atoms with Crippen LogP contribution in [-0.4, -0.2) is 42.1 Å². The molecule has 5 rings (SSSR count). The number of dihydropyridines is 1. The Labute approximate surface area is 240 Å². The second-order valence-electron chi connectivity index (χ2n) is 9.68. The fraction of sp³-hybridized carbons (Fsp3) is 0.267. The van der Waals surface area contributed by atoms with E-state index in [9.17, 15) is 24.8 Å². The van der Waals surface area contributed by atoms with E-state index in [0.717, 1.165) is 4.88 Å². The van der Waals surface area contributed by atoms with Gasteiger partial charge in [-0.05, 0) is 48.6 Å². The predicted octanol–water partition coefficient (Wildman–Crippen LogP) is 5.35. The molecule has 2 N–H and O–H groups in total. The average Bonchev–Trinajstić information content (AvgIpc) is 3.50. The molecule has 0 saturated carbocycles. The fourth-order valence-corrected chi connectivity index (χ4v) is 6.16. The van der Waals surface area contributed by atoms with Crippen molar-refractivity contribution in [3.8, 4) is 17.2 Å². The summed E-state index contributed by atoms with van der Waals surface area (Å²) in [7, 11) is 1.27. The molecule has 2 aliphatic rings. The summed E-state index contributed by atoms with van der Waals surface area (Å²) >= 11 is 1.58. The molecule has 0 saturated heterocycles. The molecular formula is C30H28N2O8S. The summed E-state index contributed by atoms with van der Waals surface area (Å²) in [5, 5.41) is 27.4. The van der Waals surface area contributed by atoms with Gasteiger partial charge in [-0.3, -0.25) is 14.9 Å². The highest BCUT2D eigenvalue weighted by Gasteiger charge is 2.42. The normalized spacial score (nSPS) is 18.4. The van der Waals surface area contributed by atoms with Crippen LogP contribution in [0.2, 0.25) is 0 Å². The number of hydrogen-bond donors (Lipinski definition) is 2. The Morgan fingerprint density at radius 1 is 1.15 bits per heavy atom. The molecule has 0 fully saturated rings. The van der Waals surface area contributed by atoms with Crippen LogP contribution in [-0.2, 0) is 14.3 Å². The number of thiophene rings is 1. The summed E-state index contributed by atoms with van der Waals surface area (Å²) in [6, 6.07) is 15.6. The second kappa shape index (κ2) is 11.8. The van der Waals surface area contributed by atoms with Crippen LogP contribution < -0.4 is 14.8 Å². The van der Waals surface area contributed by atoms with Crippen LogP contribution in [0.5, 0.6) is 17.2 Å². The lowest BCUT2D eigenvalue weighted by Gasteiger charge is -2.36. The van der Waals surface area contributed by atoms with E-state index < -0.39 is 28.2 Å². The van der Waals surface area contributed by atoms with Gasteiger partial charge < -0.3 is 24.6 Å². The Kier molecular flexibility index (Phi) is 8.06. The Bertz CT molecular complexity index is 1550. The van der Waals surface area contributed by atoms with Crippen molar-refractivity contribution in [1.29, 1.82) is 0 Å². The third-order valence-corrected chi connectivity index (χ3v) is 8.18. The van der Waals surface area contributed by atoms with Crippen molar-refractivity contribution in [2.45, 2.75) is 31.6 Å². The molecule has 11 heteroatoms. The molecule has 41 heavy (non-hydrogen) atoms. The van der Waals surface area contributed by atoms with Crippen LogP contribution in [0.3, 0.4) is 0 Å². The number of ketones is 1. The van der Waals surface area contributed by atoms with Crippen molar-refractivity contribution in [2.75, 3.05) is 20.3 Å². The Hall–Kier alpha value is -4.64. The van der Waals surface area contributed by atoms with Gasteiger partial charge >= 0.3 is 11.7 Å². The van der Waals surface area contributed by atoms with Crippen molar-refractivity contribution < 1.29 is 33.8 Å². The van der Waals surface area contributed by atoms with Crippen LogP contribution >= 0.6 is 11.3 Å². The first kappa shape index (κ1) is 27.9. The number of carbonyl (C=O) groups excluding carboxylic acids is 2. The Balaban J connectivity index is 1.51. The summed E-state index contributed by atoms with van der Waals surface area (Å²) in [4.78, 5) is 39.4. The van der Waals surface area contributed by atoms with Crippen LogP contribution in [0.15, 0.2) is 82.5 Å². The highest BCUT2D eigenvalue weighted by molar-refractivity contribution is 7.10. The first-order valence-electron chi connectivity index (χ1n) is 13.0. The van der Waals surface area contributed by atoms with Crippen LogP contribution in [0.4, 0.5) is 5.69 Å². The minimum atomic E-state index is -0.973. The summed E-state index contributed by atoms with van der Waals surface area (Å²) in [6.07, 6.45) is 0.751. The zero-order valence-electron chi connectivity index (χ0n) is 22.4. The molecule has 0 bridgehead atoms. The smallest absolute Gasteiger partial charge is 0.336 e. The van der Waals surface area contributed by atoms with Crippen molar-refractivity contribution >= 4 is 28.8 Å². The first-order valence-corrected chi connectivity index (χ1v) is 13.8. The molecule has 1 aromatic heterocycles. The number of nitro benzene ring substituents is 1. The van der Waals surface area contributed by atoms with E-state index in [1.54, 1.807) is 30.4 Å². The molecular weight excluding hydrogens is 548 g/mol. The lowest BCUT2D eigenvalue weighted by molar-refractivity contribution is -0.386. The van der Waals surface area contributed by atoms with Gasteiger partial charge in [-0.15, -0.1) is 11.3 Å². The zero-order chi connectivity index (χ0) is 29.1. The van der Waals surface area contributed by atoms with Crippen LogP contribution in [0.25, 0.3) is 0 Å². The molecule has 10 nitrogen and oxygen atoms in total. The molecule has 0 spiro atoms. The summed E-state index contributed by atoms with van der Waals surface area (Å²) in [5.41, 5.74) is 1.28. The van der Waals surface area contributed by atoms with Crippen molar-refractivity contribution in [3.05, 3.63) is 103 Å². The van der Waals surface area contributed by atoms with Gasteiger partial charge in [0.15, 0.2) is 11.5 Å². The van der Waals surface area contributed by atoms with Crippen molar-refractivity contribution in [3.63, 3.8) is 0 Å². The van der Waals surface area contributed by atoms with Gasteiger partial charge in [0.05, 0.1) is 17.6 Å². The number of para-hydroxylation sites is 1. The number of nitrogens with zero attached hydrogens (tertiary/aromatic N) is 1. The molecule has 2 heterocycles. The number of carbonyl (C=O) groups is 2. The van der Waals surface area contributed by atoms with E-state index >= 15 is 0 Å². The molecule has 2 aromatic carbocycles. The molecule has 1 aliphatic heterocycles. The number of nitrogens with one attached hydrogen (secondary N) is 1. The van der Waals surface area contributed by atoms with E-state index in [1.807, 2.05) is 35.7 Å². The lowest BCUT2D eigenvalue weighted by atomic mass is 9.72. The van der Waals surface area contributed by atoms with E-state index in [4.69, 9.17) is 14.2 Å².